The minimum Gasteiger partial charge on any atom is -0.478 e. The van der Waals surface area contributed by atoms with E-state index in [2.05, 4.69) is 15.3 Å². The third kappa shape index (κ3) is 4.59. The van der Waals surface area contributed by atoms with E-state index in [1.165, 1.54) is 6.33 Å². The molecule has 1 aromatic heterocycles. The molecule has 0 bridgehead atoms. The Balaban J connectivity index is 2.35. The van der Waals surface area contributed by atoms with E-state index < -0.39 is 0 Å². The summed E-state index contributed by atoms with van der Waals surface area (Å²) in [5.74, 6) is 0.928. The topological polar surface area (TPSA) is 90.1 Å². The maximum Gasteiger partial charge on any atom is 0.218 e. The summed E-state index contributed by atoms with van der Waals surface area (Å²) < 4.78 is 5.23. The van der Waals surface area contributed by atoms with Gasteiger partial charge in [0.1, 0.15) is 12.1 Å². The quantitative estimate of drug-likeness (QED) is 0.660. The van der Waals surface area contributed by atoms with Crippen molar-refractivity contribution in [2.24, 2.45) is 5.73 Å². The standard InChI is InChI=1S/C10H16N4O2/c1-2-16-10-6-9(13-7-14-10)12-5-3-4-8(11)15/h6-7H,2-5H2,1H3,(H2,11,15)(H,12,13,14). The Morgan fingerprint density at radius 2 is 2.38 bits per heavy atom. The smallest absolute Gasteiger partial charge is 0.218 e. The average molecular weight is 224 g/mol. The molecule has 0 aliphatic rings. The van der Waals surface area contributed by atoms with Crippen LogP contribution in [0.4, 0.5) is 5.82 Å². The number of aromatic nitrogens is 2. The maximum absolute atomic E-state index is 10.5. The van der Waals surface area contributed by atoms with Crippen LogP contribution in [0, 0.1) is 0 Å². The molecule has 0 aromatic carbocycles. The summed E-state index contributed by atoms with van der Waals surface area (Å²) in [6.45, 7) is 3.10. The van der Waals surface area contributed by atoms with Crippen molar-refractivity contribution < 1.29 is 9.53 Å². The van der Waals surface area contributed by atoms with Crippen LogP contribution >= 0.6 is 0 Å². The second-order valence-electron chi connectivity index (χ2n) is 3.17. The molecule has 6 nitrogen and oxygen atoms in total. The number of anilines is 1. The first-order valence-electron chi connectivity index (χ1n) is 5.19. The van der Waals surface area contributed by atoms with Gasteiger partial charge in [-0.25, -0.2) is 9.97 Å². The molecule has 0 unspecified atom stereocenters. The summed E-state index contributed by atoms with van der Waals surface area (Å²) in [4.78, 5) is 18.5. The molecule has 0 spiro atoms. The molecule has 0 saturated heterocycles. The van der Waals surface area contributed by atoms with Crippen LogP contribution in [0.25, 0.3) is 0 Å². The molecule has 16 heavy (non-hydrogen) atoms. The lowest BCUT2D eigenvalue weighted by atomic mass is 10.3. The number of carbonyl (C=O) groups excluding carboxylic acids is 1. The van der Waals surface area contributed by atoms with Gasteiger partial charge in [0, 0.05) is 19.0 Å². The van der Waals surface area contributed by atoms with Crippen LogP contribution in [0.2, 0.25) is 0 Å². The van der Waals surface area contributed by atoms with Crippen molar-refractivity contribution >= 4 is 11.7 Å². The average Bonchev–Trinajstić information content (AvgIpc) is 2.25. The Morgan fingerprint density at radius 3 is 3.06 bits per heavy atom. The highest BCUT2D eigenvalue weighted by Gasteiger charge is 1.99. The molecule has 1 heterocycles. The van der Waals surface area contributed by atoms with E-state index in [0.717, 1.165) is 0 Å². The van der Waals surface area contributed by atoms with E-state index in [4.69, 9.17) is 10.5 Å². The first-order valence-corrected chi connectivity index (χ1v) is 5.19. The number of hydrogen-bond donors (Lipinski definition) is 2. The van der Waals surface area contributed by atoms with E-state index >= 15 is 0 Å². The summed E-state index contributed by atoms with van der Waals surface area (Å²) >= 11 is 0. The van der Waals surface area contributed by atoms with Gasteiger partial charge in [-0.15, -0.1) is 0 Å². The van der Waals surface area contributed by atoms with Crippen LogP contribution in [-0.4, -0.2) is 29.0 Å². The number of amides is 1. The van der Waals surface area contributed by atoms with Gasteiger partial charge in [-0.3, -0.25) is 4.79 Å². The van der Waals surface area contributed by atoms with E-state index in [0.29, 0.717) is 37.7 Å². The predicted molar refractivity (Wildman–Crippen MR) is 60.1 cm³/mol. The zero-order chi connectivity index (χ0) is 11.8. The minimum atomic E-state index is -0.292. The molecule has 0 radical (unpaired) electrons. The highest BCUT2D eigenvalue weighted by molar-refractivity contribution is 5.73. The van der Waals surface area contributed by atoms with Gasteiger partial charge in [0.2, 0.25) is 11.8 Å². The molecule has 88 valence electrons. The Labute approximate surface area is 94.2 Å². The van der Waals surface area contributed by atoms with Crippen molar-refractivity contribution in [3.8, 4) is 5.88 Å². The Hall–Kier alpha value is -1.85. The summed E-state index contributed by atoms with van der Waals surface area (Å²) in [7, 11) is 0. The summed E-state index contributed by atoms with van der Waals surface area (Å²) in [5, 5.41) is 3.06. The number of nitrogens with two attached hydrogens (primary N) is 1. The third-order valence-electron chi connectivity index (χ3n) is 1.84. The van der Waals surface area contributed by atoms with Crippen LogP contribution in [0.3, 0.4) is 0 Å². The number of carbonyl (C=O) groups is 1. The summed E-state index contributed by atoms with van der Waals surface area (Å²) in [5.41, 5.74) is 5.02. The van der Waals surface area contributed by atoms with Crippen LogP contribution < -0.4 is 15.8 Å². The van der Waals surface area contributed by atoms with Crippen LogP contribution in [0.1, 0.15) is 19.8 Å². The molecule has 0 aliphatic heterocycles. The van der Waals surface area contributed by atoms with Crippen molar-refractivity contribution in [3.05, 3.63) is 12.4 Å². The highest BCUT2D eigenvalue weighted by Crippen LogP contribution is 2.10. The first-order chi connectivity index (χ1) is 7.72. The molecule has 0 aliphatic carbocycles. The predicted octanol–water partition coefficient (Wildman–Crippen LogP) is 0.553. The SMILES string of the molecule is CCOc1cc(NCCCC(N)=O)ncn1. The minimum absolute atomic E-state index is 0.292. The number of hydrogen-bond acceptors (Lipinski definition) is 5. The molecule has 6 heteroatoms. The fourth-order valence-corrected chi connectivity index (χ4v) is 1.14. The van der Waals surface area contributed by atoms with Gasteiger partial charge in [-0.1, -0.05) is 0 Å². The lowest BCUT2D eigenvalue weighted by Crippen LogP contribution is -2.13. The van der Waals surface area contributed by atoms with E-state index in [9.17, 15) is 4.79 Å². The molecule has 1 rings (SSSR count). The molecule has 1 amide bonds. The van der Waals surface area contributed by atoms with Crippen LogP contribution in [0.5, 0.6) is 5.88 Å². The zero-order valence-corrected chi connectivity index (χ0v) is 9.27. The van der Waals surface area contributed by atoms with Crippen molar-refractivity contribution in [1.82, 2.24) is 9.97 Å². The van der Waals surface area contributed by atoms with Crippen LogP contribution in [0.15, 0.2) is 12.4 Å². The molecule has 0 fully saturated rings. The second kappa shape index (κ2) is 6.60. The van der Waals surface area contributed by atoms with Gasteiger partial charge in [-0.2, -0.15) is 0 Å². The zero-order valence-electron chi connectivity index (χ0n) is 9.27. The fraction of sp³-hybridized carbons (Fsp3) is 0.500. The molecule has 0 atom stereocenters. The van der Waals surface area contributed by atoms with Gasteiger partial charge < -0.3 is 15.8 Å². The number of primary amides is 1. The molecule has 1 aromatic rings. The van der Waals surface area contributed by atoms with Gasteiger partial charge in [0.15, 0.2) is 0 Å². The highest BCUT2D eigenvalue weighted by atomic mass is 16.5. The van der Waals surface area contributed by atoms with Crippen molar-refractivity contribution in [2.45, 2.75) is 19.8 Å². The van der Waals surface area contributed by atoms with E-state index in [1.54, 1.807) is 6.07 Å². The van der Waals surface area contributed by atoms with Crippen molar-refractivity contribution in [2.75, 3.05) is 18.5 Å². The van der Waals surface area contributed by atoms with Gasteiger partial charge in [0.25, 0.3) is 0 Å². The summed E-state index contributed by atoms with van der Waals surface area (Å²) in [6.07, 6.45) is 2.49. The molecule has 3 N–H and O–H groups in total. The van der Waals surface area contributed by atoms with Crippen LogP contribution in [-0.2, 0) is 4.79 Å². The molecular formula is C10H16N4O2. The number of ether oxygens (including phenoxy) is 1. The number of nitrogens with zero attached hydrogens (tertiary/aromatic N) is 2. The Kier molecular flexibility index (Phi) is 5.04. The van der Waals surface area contributed by atoms with Crippen molar-refractivity contribution in [3.63, 3.8) is 0 Å². The Morgan fingerprint density at radius 1 is 1.56 bits per heavy atom. The monoisotopic (exact) mass is 224 g/mol. The largest absolute Gasteiger partial charge is 0.478 e. The Bertz CT molecular complexity index is 343. The summed E-state index contributed by atoms with van der Waals surface area (Å²) in [6, 6.07) is 1.72. The van der Waals surface area contributed by atoms with Gasteiger partial charge >= 0.3 is 0 Å². The third-order valence-corrected chi connectivity index (χ3v) is 1.84. The lowest BCUT2D eigenvalue weighted by molar-refractivity contribution is -0.118. The molecular weight excluding hydrogens is 208 g/mol. The molecule has 0 saturated carbocycles. The number of rotatable bonds is 7. The number of nitrogens with one attached hydrogen (secondary N) is 1. The van der Waals surface area contributed by atoms with E-state index in [1.807, 2.05) is 6.92 Å². The lowest BCUT2D eigenvalue weighted by Gasteiger charge is -2.06. The first kappa shape index (κ1) is 12.2. The second-order valence-corrected chi connectivity index (χ2v) is 3.17. The van der Waals surface area contributed by atoms with E-state index in [-0.39, 0.29) is 5.91 Å². The fourth-order valence-electron chi connectivity index (χ4n) is 1.14. The van der Waals surface area contributed by atoms with Gasteiger partial charge in [-0.05, 0) is 13.3 Å². The maximum atomic E-state index is 10.5. The normalized spacial score (nSPS) is 9.81. The van der Waals surface area contributed by atoms with Gasteiger partial charge in [0.05, 0.1) is 6.61 Å². The van der Waals surface area contributed by atoms with Crippen molar-refractivity contribution in [1.29, 1.82) is 0 Å².